The van der Waals surface area contributed by atoms with Crippen molar-refractivity contribution in [2.45, 2.75) is 32.9 Å². The van der Waals surface area contributed by atoms with Gasteiger partial charge in [-0.2, -0.15) is 0 Å². The van der Waals surface area contributed by atoms with Gasteiger partial charge in [0.25, 0.3) is 5.91 Å². The van der Waals surface area contributed by atoms with E-state index in [9.17, 15) is 4.79 Å². The minimum Gasteiger partial charge on any atom is -0.289 e. The first-order valence-electron chi connectivity index (χ1n) is 9.05. The summed E-state index contributed by atoms with van der Waals surface area (Å²) < 4.78 is 1.10. The molecule has 0 spiro atoms. The van der Waals surface area contributed by atoms with Gasteiger partial charge in [0.2, 0.25) is 0 Å². The number of aliphatic imine (C=N–C) groups is 1. The van der Waals surface area contributed by atoms with E-state index in [1.807, 2.05) is 69.3 Å². The van der Waals surface area contributed by atoms with Crippen molar-refractivity contribution >= 4 is 44.8 Å². The molecule has 138 valence electrons. The second-order valence-corrected chi connectivity index (χ2v) is 8.79. The summed E-state index contributed by atoms with van der Waals surface area (Å²) in [7, 11) is 0. The van der Waals surface area contributed by atoms with E-state index in [1.54, 1.807) is 16.2 Å². The fourth-order valence-electron chi connectivity index (χ4n) is 3.32. The zero-order valence-corrected chi connectivity index (χ0v) is 17.1. The number of amides is 1. The summed E-state index contributed by atoms with van der Waals surface area (Å²) in [6.07, 6.45) is 0. The van der Waals surface area contributed by atoms with E-state index in [4.69, 9.17) is 16.6 Å². The number of carbonyl (C=O) groups is 1. The van der Waals surface area contributed by atoms with Crippen LogP contribution in [0.15, 0.2) is 59.6 Å². The second-order valence-electron chi connectivity index (χ2n) is 7.36. The highest BCUT2D eigenvalue weighted by molar-refractivity contribution is 7.21. The maximum atomic E-state index is 13.4. The summed E-state index contributed by atoms with van der Waals surface area (Å²) in [6.45, 7) is 6.49. The van der Waals surface area contributed by atoms with E-state index in [2.05, 4.69) is 6.07 Å². The molecule has 1 aliphatic heterocycles. The lowest BCUT2D eigenvalue weighted by atomic mass is 9.89. The number of nitrogens with zero attached hydrogens (tertiary/aromatic N) is 2. The molecule has 2 heterocycles. The summed E-state index contributed by atoms with van der Waals surface area (Å²) in [5, 5.41) is 1.68. The number of hydrogen-bond donors (Lipinski definition) is 0. The van der Waals surface area contributed by atoms with Crippen molar-refractivity contribution < 1.29 is 4.79 Å². The molecule has 27 heavy (non-hydrogen) atoms. The van der Waals surface area contributed by atoms with Crippen molar-refractivity contribution in [2.75, 3.05) is 0 Å². The molecule has 1 amide bonds. The van der Waals surface area contributed by atoms with Crippen molar-refractivity contribution in [1.82, 2.24) is 4.90 Å². The maximum absolute atomic E-state index is 13.4. The highest BCUT2D eigenvalue weighted by atomic mass is 35.5. The number of thiophene rings is 1. The van der Waals surface area contributed by atoms with Gasteiger partial charge in [0.05, 0.1) is 16.4 Å². The Kier molecular flexibility index (Phi) is 4.57. The van der Waals surface area contributed by atoms with Gasteiger partial charge in [0, 0.05) is 10.1 Å². The monoisotopic (exact) mass is 396 g/mol. The van der Waals surface area contributed by atoms with Crippen LogP contribution in [0.1, 0.15) is 31.2 Å². The molecule has 0 fully saturated rings. The standard InChI is InChI=1S/C22H21ClN2OS/c1-14(2)22(3)21(26)25(13-15-9-5-4-6-10-15)20(24-22)19-18(23)16-11-7-8-12-17(16)27-19/h4-12,14H,13H2,1-3H3. The third-order valence-electron chi connectivity index (χ3n) is 5.32. The van der Waals surface area contributed by atoms with E-state index < -0.39 is 5.54 Å². The summed E-state index contributed by atoms with van der Waals surface area (Å²) in [6, 6.07) is 18.1. The molecule has 0 aliphatic carbocycles. The number of rotatable bonds is 4. The molecule has 1 aliphatic rings. The van der Waals surface area contributed by atoms with Gasteiger partial charge >= 0.3 is 0 Å². The molecule has 1 aromatic heterocycles. The molecule has 3 aromatic rings. The number of hydrogen-bond acceptors (Lipinski definition) is 3. The normalized spacial score (nSPS) is 20.0. The fourth-order valence-corrected chi connectivity index (χ4v) is 4.83. The third kappa shape index (κ3) is 2.97. The van der Waals surface area contributed by atoms with E-state index in [1.165, 1.54) is 0 Å². The number of amidine groups is 1. The van der Waals surface area contributed by atoms with Crippen LogP contribution in [0.25, 0.3) is 10.1 Å². The van der Waals surface area contributed by atoms with E-state index in [-0.39, 0.29) is 11.8 Å². The second kappa shape index (κ2) is 6.77. The number of fused-ring (bicyclic) bond motifs is 1. The topological polar surface area (TPSA) is 32.7 Å². The van der Waals surface area contributed by atoms with Crippen molar-refractivity contribution in [1.29, 1.82) is 0 Å². The van der Waals surface area contributed by atoms with Gasteiger partial charge < -0.3 is 0 Å². The average Bonchev–Trinajstić information content (AvgIpc) is 3.13. The molecule has 3 nitrogen and oxygen atoms in total. The molecule has 0 bridgehead atoms. The predicted molar refractivity (Wildman–Crippen MR) is 114 cm³/mol. The predicted octanol–water partition coefficient (Wildman–Crippen LogP) is 5.76. The van der Waals surface area contributed by atoms with Crippen LogP contribution in [0.4, 0.5) is 0 Å². The van der Waals surface area contributed by atoms with Gasteiger partial charge in [-0.25, -0.2) is 4.99 Å². The number of halogens is 1. The minimum absolute atomic E-state index is 0.0323. The summed E-state index contributed by atoms with van der Waals surface area (Å²) in [5.41, 5.74) is 0.299. The molecule has 0 saturated carbocycles. The Morgan fingerprint density at radius 1 is 1.11 bits per heavy atom. The first-order valence-corrected chi connectivity index (χ1v) is 10.2. The van der Waals surface area contributed by atoms with Gasteiger partial charge in [-0.15, -0.1) is 11.3 Å². The van der Waals surface area contributed by atoms with Crippen molar-refractivity contribution in [3.05, 3.63) is 70.1 Å². The summed E-state index contributed by atoms with van der Waals surface area (Å²) in [4.78, 5) is 20.9. The van der Waals surface area contributed by atoms with Gasteiger partial charge in [-0.1, -0.05) is 74.0 Å². The number of benzene rings is 2. The molecule has 2 aromatic carbocycles. The van der Waals surface area contributed by atoms with Gasteiger partial charge in [0.1, 0.15) is 5.54 Å². The SMILES string of the molecule is CC(C)C1(C)N=C(c2sc3ccccc3c2Cl)N(Cc2ccccc2)C1=O. The smallest absolute Gasteiger partial charge is 0.256 e. The zero-order chi connectivity index (χ0) is 19.2. The summed E-state index contributed by atoms with van der Waals surface area (Å²) in [5.74, 6) is 0.810. The van der Waals surface area contributed by atoms with Gasteiger partial charge in [-0.05, 0) is 24.5 Å². The molecular formula is C22H21ClN2OS. The van der Waals surface area contributed by atoms with Crippen LogP contribution >= 0.6 is 22.9 Å². The Labute approximate surface area is 168 Å². The van der Waals surface area contributed by atoms with Crippen LogP contribution < -0.4 is 0 Å². The molecule has 0 radical (unpaired) electrons. The lowest BCUT2D eigenvalue weighted by Crippen LogP contribution is -2.43. The molecule has 0 saturated heterocycles. The highest BCUT2D eigenvalue weighted by Gasteiger charge is 2.47. The van der Waals surface area contributed by atoms with Gasteiger partial charge in [0.15, 0.2) is 5.84 Å². The Bertz CT molecular complexity index is 1040. The highest BCUT2D eigenvalue weighted by Crippen LogP contribution is 2.40. The largest absolute Gasteiger partial charge is 0.289 e. The van der Waals surface area contributed by atoms with E-state index in [0.717, 1.165) is 20.5 Å². The van der Waals surface area contributed by atoms with Crippen LogP contribution in [-0.2, 0) is 11.3 Å². The molecular weight excluding hydrogens is 376 g/mol. The Balaban J connectivity index is 1.85. The molecule has 4 rings (SSSR count). The van der Waals surface area contributed by atoms with Crippen LogP contribution in [0.5, 0.6) is 0 Å². The lowest BCUT2D eigenvalue weighted by molar-refractivity contribution is -0.132. The van der Waals surface area contributed by atoms with Gasteiger partial charge in [-0.3, -0.25) is 9.69 Å². The van der Waals surface area contributed by atoms with Crippen molar-refractivity contribution in [3.8, 4) is 0 Å². The lowest BCUT2D eigenvalue weighted by Gasteiger charge is -2.25. The Morgan fingerprint density at radius 2 is 1.78 bits per heavy atom. The number of carbonyl (C=O) groups excluding carboxylic acids is 1. The minimum atomic E-state index is -0.774. The first-order chi connectivity index (χ1) is 12.9. The summed E-state index contributed by atoms with van der Waals surface area (Å²) >= 11 is 8.31. The van der Waals surface area contributed by atoms with E-state index in [0.29, 0.717) is 17.4 Å². The third-order valence-corrected chi connectivity index (χ3v) is 6.99. The first kappa shape index (κ1) is 18.2. The zero-order valence-electron chi connectivity index (χ0n) is 15.6. The maximum Gasteiger partial charge on any atom is 0.256 e. The van der Waals surface area contributed by atoms with Crippen molar-refractivity contribution in [3.63, 3.8) is 0 Å². The van der Waals surface area contributed by atoms with Crippen LogP contribution in [0, 0.1) is 5.92 Å². The molecule has 1 unspecified atom stereocenters. The quantitative estimate of drug-likeness (QED) is 0.551. The average molecular weight is 397 g/mol. The molecule has 5 heteroatoms. The Morgan fingerprint density at radius 3 is 2.44 bits per heavy atom. The van der Waals surface area contributed by atoms with E-state index >= 15 is 0 Å². The fraction of sp³-hybridized carbons (Fsp3) is 0.273. The van der Waals surface area contributed by atoms with Crippen LogP contribution in [-0.4, -0.2) is 22.2 Å². The molecule has 1 atom stereocenters. The Hall–Kier alpha value is -2.17. The molecule has 0 N–H and O–H groups in total. The van der Waals surface area contributed by atoms with Crippen molar-refractivity contribution in [2.24, 2.45) is 10.9 Å². The van der Waals surface area contributed by atoms with Crippen LogP contribution in [0.2, 0.25) is 5.02 Å². The van der Waals surface area contributed by atoms with Crippen LogP contribution in [0.3, 0.4) is 0 Å².